The number of fused-ring (bicyclic) bond motifs is 2. The first-order chi connectivity index (χ1) is 19.4. The molecule has 1 saturated heterocycles. The van der Waals surface area contributed by atoms with Gasteiger partial charge in [0.25, 0.3) is 0 Å². The van der Waals surface area contributed by atoms with Gasteiger partial charge in [-0.15, -0.1) is 0 Å². The van der Waals surface area contributed by atoms with Gasteiger partial charge in [-0.2, -0.15) is 0 Å². The van der Waals surface area contributed by atoms with Gasteiger partial charge in [-0.05, 0) is 63.4 Å². The minimum absolute atomic E-state index is 0.133. The van der Waals surface area contributed by atoms with Crippen LogP contribution in [0, 0.1) is 0 Å². The summed E-state index contributed by atoms with van der Waals surface area (Å²) in [6, 6.07) is 23.7. The zero-order chi connectivity index (χ0) is 28.0. The number of benzene rings is 3. The van der Waals surface area contributed by atoms with Gasteiger partial charge in [0, 0.05) is 50.1 Å². The lowest BCUT2D eigenvalue weighted by Crippen LogP contribution is -2.44. The lowest BCUT2D eigenvalue weighted by Gasteiger charge is -2.40. The molecule has 1 fully saturated rings. The Morgan fingerprint density at radius 1 is 1.02 bits per heavy atom. The van der Waals surface area contributed by atoms with E-state index in [1.807, 2.05) is 6.07 Å². The number of para-hydroxylation sites is 3. The summed E-state index contributed by atoms with van der Waals surface area (Å²) in [5.41, 5.74) is 3.94. The fourth-order valence-electron chi connectivity index (χ4n) is 5.60. The molecule has 3 aliphatic rings. The number of hydrogen-bond donors (Lipinski definition) is 2. The molecule has 0 radical (unpaired) electrons. The molecule has 0 saturated carbocycles. The highest BCUT2D eigenvalue weighted by Gasteiger charge is 2.32. The summed E-state index contributed by atoms with van der Waals surface area (Å²) in [5.74, 6) is 0.958. The standard InChI is InChI=1S/C26H33N3O2.C7H6O2/c1-26(2)19-20-7-5-10-24(25(20)31-26)30-18-6-14-28-15-11-21(12-16-28)29-17-13-27-22-8-3-4-9-23(22)29;8-7(9)6-4-2-1-3-5-6/h3-5,7-10,13,17,21,27H,6,11-12,14-16,18-19H2,1-2H3;1-5H,(H,8,9). The second-order valence-corrected chi connectivity index (χ2v) is 11.1. The van der Waals surface area contributed by atoms with Crippen LogP contribution in [-0.2, 0) is 6.42 Å². The molecule has 6 rings (SSSR count). The lowest BCUT2D eigenvalue weighted by molar-refractivity contribution is 0.0697. The number of rotatable bonds is 7. The topological polar surface area (TPSA) is 74.3 Å². The highest BCUT2D eigenvalue weighted by atomic mass is 16.5. The molecule has 0 unspecified atom stereocenters. The fraction of sp³-hybridized carbons (Fsp3) is 0.364. The first kappa shape index (κ1) is 27.6. The van der Waals surface area contributed by atoms with Crippen molar-refractivity contribution in [2.24, 2.45) is 0 Å². The van der Waals surface area contributed by atoms with E-state index in [0.29, 0.717) is 11.6 Å². The predicted molar refractivity (Wildman–Crippen MR) is 160 cm³/mol. The van der Waals surface area contributed by atoms with E-state index in [-0.39, 0.29) is 5.60 Å². The first-order valence-electron chi connectivity index (χ1n) is 14.1. The summed E-state index contributed by atoms with van der Waals surface area (Å²) < 4.78 is 12.2. The predicted octanol–water partition coefficient (Wildman–Crippen LogP) is 6.42. The Hall–Kier alpha value is -3.97. The van der Waals surface area contributed by atoms with Gasteiger partial charge in [-0.25, -0.2) is 4.79 Å². The number of hydrogen-bond acceptors (Lipinski definition) is 6. The highest BCUT2D eigenvalue weighted by Crippen LogP contribution is 2.41. The van der Waals surface area contributed by atoms with E-state index in [1.165, 1.54) is 29.8 Å². The monoisotopic (exact) mass is 541 g/mol. The molecule has 210 valence electrons. The van der Waals surface area contributed by atoms with Crippen LogP contribution >= 0.6 is 0 Å². The van der Waals surface area contributed by atoms with Crippen molar-refractivity contribution in [3.63, 3.8) is 0 Å². The molecule has 0 aliphatic carbocycles. The average Bonchev–Trinajstić information content (AvgIpc) is 3.31. The lowest BCUT2D eigenvalue weighted by atomic mass is 10.0. The Kier molecular flexibility index (Phi) is 8.60. The van der Waals surface area contributed by atoms with Crippen LogP contribution in [0.15, 0.2) is 85.2 Å². The highest BCUT2D eigenvalue weighted by molar-refractivity contribution is 5.87. The summed E-state index contributed by atoms with van der Waals surface area (Å²) >= 11 is 0. The Balaban J connectivity index is 0.000000306. The number of carbonyl (C=O) groups is 1. The Labute approximate surface area is 237 Å². The van der Waals surface area contributed by atoms with E-state index >= 15 is 0 Å². The number of nitrogens with one attached hydrogen (secondary N) is 1. The maximum Gasteiger partial charge on any atom is 0.335 e. The van der Waals surface area contributed by atoms with Crippen molar-refractivity contribution < 1.29 is 19.4 Å². The maximum absolute atomic E-state index is 10.2. The van der Waals surface area contributed by atoms with Gasteiger partial charge in [-0.1, -0.05) is 42.5 Å². The second-order valence-electron chi connectivity index (χ2n) is 11.1. The third-order valence-electron chi connectivity index (χ3n) is 7.56. The van der Waals surface area contributed by atoms with Crippen molar-refractivity contribution in [2.75, 3.05) is 36.5 Å². The molecule has 0 amide bonds. The fourth-order valence-corrected chi connectivity index (χ4v) is 5.60. The van der Waals surface area contributed by atoms with Crippen LogP contribution in [0.2, 0.25) is 0 Å². The van der Waals surface area contributed by atoms with E-state index in [0.717, 1.165) is 50.6 Å². The van der Waals surface area contributed by atoms with Gasteiger partial charge < -0.3 is 29.7 Å². The summed E-state index contributed by atoms with van der Waals surface area (Å²) in [6.07, 6.45) is 8.61. The van der Waals surface area contributed by atoms with Crippen molar-refractivity contribution in [1.29, 1.82) is 0 Å². The van der Waals surface area contributed by atoms with E-state index in [4.69, 9.17) is 14.6 Å². The molecular weight excluding hydrogens is 502 g/mol. The van der Waals surface area contributed by atoms with Crippen LogP contribution in [0.3, 0.4) is 0 Å². The van der Waals surface area contributed by atoms with Crippen molar-refractivity contribution >= 4 is 17.3 Å². The quantitative estimate of drug-likeness (QED) is 0.334. The molecule has 3 aromatic carbocycles. The van der Waals surface area contributed by atoms with E-state index in [9.17, 15) is 4.79 Å². The molecule has 7 nitrogen and oxygen atoms in total. The van der Waals surface area contributed by atoms with E-state index in [2.05, 4.69) is 77.8 Å². The molecule has 3 aliphatic heterocycles. The number of ether oxygens (including phenoxy) is 2. The maximum atomic E-state index is 10.2. The van der Waals surface area contributed by atoms with E-state index < -0.39 is 5.97 Å². The van der Waals surface area contributed by atoms with Gasteiger partial charge in [0.1, 0.15) is 5.60 Å². The van der Waals surface area contributed by atoms with Crippen molar-refractivity contribution in [1.82, 2.24) is 4.90 Å². The molecular formula is C33H39N3O4. The Morgan fingerprint density at radius 3 is 2.52 bits per heavy atom. The smallest absolute Gasteiger partial charge is 0.335 e. The number of carboxylic acids is 1. The average molecular weight is 542 g/mol. The summed E-state index contributed by atoms with van der Waals surface area (Å²) in [6.45, 7) is 8.37. The van der Waals surface area contributed by atoms with Gasteiger partial charge >= 0.3 is 5.97 Å². The Morgan fingerprint density at radius 2 is 1.77 bits per heavy atom. The molecule has 7 heteroatoms. The van der Waals surface area contributed by atoms with Gasteiger partial charge in [0.05, 0.1) is 23.5 Å². The molecule has 0 atom stereocenters. The molecule has 3 heterocycles. The molecule has 3 aromatic rings. The Bertz CT molecular complexity index is 1320. The zero-order valence-electron chi connectivity index (χ0n) is 23.4. The van der Waals surface area contributed by atoms with E-state index in [1.54, 1.807) is 30.3 Å². The van der Waals surface area contributed by atoms with Crippen molar-refractivity contribution in [3.8, 4) is 11.5 Å². The third kappa shape index (κ3) is 6.77. The van der Waals surface area contributed by atoms with Gasteiger partial charge in [-0.3, -0.25) is 0 Å². The second kappa shape index (κ2) is 12.5. The summed E-state index contributed by atoms with van der Waals surface area (Å²) in [4.78, 5) is 15.2. The van der Waals surface area contributed by atoms with Gasteiger partial charge in [0.15, 0.2) is 11.5 Å². The van der Waals surface area contributed by atoms with Crippen LogP contribution in [0.5, 0.6) is 11.5 Å². The first-order valence-corrected chi connectivity index (χ1v) is 14.1. The van der Waals surface area contributed by atoms with Crippen molar-refractivity contribution in [3.05, 3.63) is 96.3 Å². The largest absolute Gasteiger partial charge is 0.490 e. The minimum Gasteiger partial charge on any atom is -0.490 e. The molecule has 40 heavy (non-hydrogen) atoms. The molecule has 0 aromatic heterocycles. The van der Waals surface area contributed by atoms with Crippen molar-refractivity contribution in [2.45, 2.75) is 51.2 Å². The molecule has 0 bridgehead atoms. The van der Waals surface area contributed by atoms with Gasteiger partial charge in [0.2, 0.25) is 0 Å². The number of carboxylic acid groups (broad SMARTS) is 1. The number of nitrogens with zero attached hydrogens (tertiary/aromatic N) is 2. The molecule has 0 spiro atoms. The number of aromatic carboxylic acids is 1. The molecule has 2 N–H and O–H groups in total. The third-order valence-corrected chi connectivity index (χ3v) is 7.56. The van der Waals surface area contributed by atoms with Crippen LogP contribution < -0.4 is 19.7 Å². The van der Waals surface area contributed by atoms with Crippen LogP contribution in [0.1, 0.15) is 49.0 Å². The van der Waals surface area contributed by atoms with Crippen LogP contribution in [0.4, 0.5) is 11.4 Å². The van der Waals surface area contributed by atoms with Crippen LogP contribution in [0.25, 0.3) is 0 Å². The number of anilines is 2. The number of likely N-dealkylation sites (tertiary alicyclic amines) is 1. The van der Waals surface area contributed by atoms with Crippen LogP contribution in [-0.4, -0.2) is 53.9 Å². The summed E-state index contributed by atoms with van der Waals surface area (Å²) in [7, 11) is 0. The normalized spacial score (nSPS) is 17.5. The number of piperidine rings is 1. The zero-order valence-corrected chi connectivity index (χ0v) is 23.4. The minimum atomic E-state index is -0.879. The summed E-state index contributed by atoms with van der Waals surface area (Å²) in [5, 5.41) is 11.7. The SMILES string of the molecule is CC1(C)Cc2cccc(OCCCN3CCC(N4C=CNc5ccccc54)CC3)c2O1.O=C(O)c1ccccc1.